The van der Waals surface area contributed by atoms with Gasteiger partial charge in [-0.25, -0.2) is 8.42 Å². The summed E-state index contributed by atoms with van der Waals surface area (Å²) in [5.41, 5.74) is 0. The molecule has 4 aliphatic carbocycles. The number of fused-ring (bicyclic) bond motifs is 13. The van der Waals surface area contributed by atoms with E-state index in [1.165, 1.54) is 19.3 Å². The second kappa shape index (κ2) is 4.82. The first-order valence-electron chi connectivity index (χ1n) is 8.86. The molecule has 128 valence electrons. The summed E-state index contributed by atoms with van der Waals surface area (Å²) in [7, 11) is -3.29. The standard InChI is InChI=1S/C18H18I2O3S/c19-9-4-12(20)18-13(5-9)23-16-10-6-11(17(16)24(18,21)22)15-8-2-1-7(3-8)14(10)15/h4-5,7-8,10-11,14-17H,1-3,6H2. The smallest absolute Gasteiger partial charge is 0.189 e. The Morgan fingerprint density at radius 3 is 2.46 bits per heavy atom. The molecule has 4 saturated carbocycles. The lowest BCUT2D eigenvalue weighted by molar-refractivity contribution is 0.0412. The first kappa shape index (κ1) is 15.5. The second-order valence-corrected chi connectivity index (χ2v) is 12.8. The van der Waals surface area contributed by atoms with Crippen LogP contribution in [0, 0.1) is 42.6 Å². The molecular formula is C18H18I2O3S. The number of ether oxygens (including phenoxy) is 1. The Kier molecular flexibility index (Phi) is 3.11. The molecule has 6 rings (SSSR count). The lowest BCUT2D eigenvalue weighted by Crippen LogP contribution is -2.52. The molecule has 8 atom stereocenters. The van der Waals surface area contributed by atoms with E-state index in [9.17, 15) is 8.42 Å². The van der Waals surface area contributed by atoms with E-state index in [1.54, 1.807) is 0 Å². The molecule has 1 aromatic rings. The maximum Gasteiger partial charge on any atom is 0.189 e. The average Bonchev–Trinajstić information content (AvgIpc) is 3.23. The van der Waals surface area contributed by atoms with Crippen molar-refractivity contribution in [3.63, 3.8) is 0 Å². The highest BCUT2D eigenvalue weighted by Crippen LogP contribution is 2.69. The fourth-order valence-electron chi connectivity index (χ4n) is 7.22. The Hall–Kier alpha value is 0.430. The van der Waals surface area contributed by atoms with E-state index in [0.717, 1.165) is 31.3 Å². The highest BCUT2D eigenvalue weighted by molar-refractivity contribution is 14.1. The van der Waals surface area contributed by atoms with E-state index in [-0.39, 0.29) is 11.4 Å². The van der Waals surface area contributed by atoms with E-state index in [1.807, 2.05) is 12.1 Å². The van der Waals surface area contributed by atoms with Crippen LogP contribution in [0.5, 0.6) is 5.75 Å². The van der Waals surface area contributed by atoms with E-state index in [0.29, 0.717) is 28.4 Å². The van der Waals surface area contributed by atoms with Crippen LogP contribution in [0.4, 0.5) is 0 Å². The molecule has 0 saturated heterocycles. The van der Waals surface area contributed by atoms with Gasteiger partial charge >= 0.3 is 0 Å². The molecule has 5 aliphatic rings. The third-order valence-electron chi connectivity index (χ3n) is 7.63. The van der Waals surface area contributed by atoms with Gasteiger partial charge in [0.15, 0.2) is 9.84 Å². The predicted molar refractivity (Wildman–Crippen MR) is 107 cm³/mol. The zero-order chi connectivity index (χ0) is 16.4. The van der Waals surface area contributed by atoms with Crippen LogP contribution >= 0.6 is 45.2 Å². The normalized spacial score (nSPS) is 48.8. The zero-order valence-corrected chi connectivity index (χ0v) is 18.1. The van der Waals surface area contributed by atoms with Crippen LogP contribution in [-0.4, -0.2) is 19.8 Å². The molecular weight excluding hydrogens is 550 g/mol. The molecule has 4 bridgehead atoms. The fourth-order valence-corrected chi connectivity index (χ4v) is 12.3. The van der Waals surface area contributed by atoms with Crippen LogP contribution in [0.15, 0.2) is 17.0 Å². The number of rotatable bonds is 0. The van der Waals surface area contributed by atoms with Gasteiger partial charge in [0.2, 0.25) is 0 Å². The summed E-state index contributed by atoms with van der Waals surface area (Å²) in [6.45, 7) is 0. The van der Waals surface area contributed by atoms with E-state index < -0.39 is 9.84 Å². The highest BCUT2D eigenvalue weighted by Gasteiger charge is 2.70. The summed E-state index contributed by atoms with van der Waals surface area (Å²) in [4.78, 5) is 0.469. The maximum absolute atomic E-state index is 13.5. The largest absolute Gasteiger partial charge is 0.487 e. The number of benzene rings is 1. The van der Waals surface area contributed by atoms with Gasteiger partial charge in [0.1, 0.15) is 22.0 Å². The molecule has 8 unspecified atom stereocenters. The first-order chi connectivity index (χ1) is 11.5. The Labute approximate surface area is 169 Å². The van der Waals surface area contributed by atoms with Gasteiger partial charge in [-0.3, -0.25) is 0 Å². The van der Waals surface area contributed by atoms with E-state index >= 15 is 0 Å². The minimum absolute atomic E-state index is 0.0953. The molecule has 0 N–H and O–H groups in total. The quantitative estimate of drug-likeness (QED) is 0.350. The minimum Gasteiger partial charge on any atom is -0.487 e. The Balaban J connectivity index is 1.52. The molecule has 24 heavy (non-hydrogen) atoms. The van der Waals surface area contributed by atoms with Crippen molar-refractivity contribution >= 4 is 55.0 Å². The number of halogens is 2. The van der Waals surface area contributed by atoms with Crippen LogP contribution in [0.2, 0.25) is 0 Å². The topological polar surface area (TPSA) is 43.4 Å². The predicted octanol–water partition coefficient (Wildman–Crippen LogP) is 4.11. The maximum atomic E-state index is 13.5. The summed E-state index contributed by atoms with van der Waals surface area (Å²) in [6, 6.07) is 3.87. The Morgan fingerprint density at radius 2 is 1.71 bits per heavy atom. The lowest BCUT2D eigenvalue weighted by atomic mass is 9.70. The third kappa shape index (κ3) is 1.72. The van der Waals surface area contributed by atoms with Gasteiger partial charge in [0, 0.05) is 13.1 Å². The summed E-state index contributed by atoms with van der Waals surface area (Å²) >= 11 is 4.41. The molecule has 6 heteroatoms. The fraction of sp³-hybridized carbons (Fsp3) is 0.667. The van der Waals surface area contributed by atoms with Gasteiger partial charge in [0.05, 0.1) is 0 Å². The number of sulfone groups is 1. The first-order valence-corrected chi connectivity index (χ1v) is 12.6. The van der Waals surface area contributed by atoms with E-state index in [4.69, 9.17) is 4.74 Å². The van der Waals surface area contributed by atoms with Gasteiger partial charge in [-0.2, -0.15) is 0 Å². The third-order valence-corrected chi connectivity index (χ3v) is 11.8. The van der Waals surface area contributed by atoms with Crippen molar-refractivity contribution < 1.29 is 13.2 Å². The van der Waals surface area contributed by atoms with Crippen molar-refractivity contribution in [1.29, 1.82) is 0 Å². The van der Waals surface area contributed by atoms with Crippen molar-refractivity contribution in [1.82, 2.24) is 0 Å². The van der Waals surface area contributed by atoms with Gasteiger partial charge < -0.3 is 4.74 Å². The molecule has 1 heterocycles. The average molecular weight is 568 g/mol. The summed E-state index contributed by atoms with van der Waals surface area (Å²) < 4.78 is 35.3. The van der Waals surface area contributed by atoms with Crippen molar-refractivity contribution in [2.45, 2.75) is 41.9 Å². The Bertz CT molecular complexity index is 867. The number of hydrogen-bond donors (Lipinski definition) is 0. The Morgan fingerprint density at radius 1 is 1.00 bits per heavy atom. The molecule has 3 nitrogen and oxygen atoms in total. The lowest BCUT2D eigenvalue weighted by Gasteiger charge is -2.44. The van der Waals surface area contributed by atoms with Gasteiger partial charge in [-0.05, 0) is 113 Å². The van der Waals surface area contributed by atoms with Gasteiger partial charge in [-0.1, -0.05) is 0 Å². The molecule has 0 amide bonds. The second-order valence-electron chi connectivity index (χ2n) is 8.36. The molecule has 0 spiro atoms. The van der Waals surface area contributed by atoms with Crippen LogP contribution in [0.1, 0.15) is 25.7 Å². The van der Waals surface area contributed by atoms with Gasteiger partial charge in [-0.15, -0.1) is 0 Å². The summed E-state index contributed by atoms with van der Waals surface area (Å²) in [5.74, 6) is 4.47. The van der Waals surface area contributed by atoms with E-state index in [2.05, 4.69) is 45.2 Å². The van der Waals surface area contributed by atoms with Crippen molar-refractivity contribution in [3.05, 3.63) is 19.3 Å². The van der Waals surface area contributed by atoms with Crippen molar-refractivity contribution in [3.8, 4) is 5.75 Å². The molecule has 4 fully saturated rings. The van der Waals surface area contributed by atoms with Crippen LogP contribution in [0.3, 0.4) is 0 Å². The summed E-state index contributed by atoms with van der Waals surface area (Å²) in [6.07, 6.45) is 5.04. The summed E-state index contributed by atoms with van der Waals surface area (Å²) in [5, 5.41) is -0.288. The monoisotopic (exact) mass is 568 g/mol. The SMILES string of the molecule is O=S1(=O)c2c(I)cc(I)cc2OC2C3CC(C4C5CCC(C5)C34)C21. The number of hydrogen-bond acceptors (Lipinski definition) is 3. The molecule has 1 aromatic carbocycles. The zero-order valence-electron chi connectivity index (χ0n) is 13.0. The van der Waals surface area contributed by atoms with Crippen molar-refractivity contribution in [2.24, 2.45) is 35.5 Å². The van der Waals surface area contributed by atoms with Crippen LogP contribution < -0.4 is 4.74 Å². The van der Waals surface area contributed by atoms with Crippen molar-refractivity contribution in [2.75, 3.05) is 0 Å². The molecule has 0 aromatic heterocycles. The van der Waals surface area contributed by atoms with Crippen LogP contribution in [0.25, 0.3) is 0 Å². The molecule has 0 radical (unpaired) electrons. The van der Waals surface area contributed by atoms with Gasteiger partial charge in [0.25, 0.3) is 0 Å². The minimum atomic E-state index is -3.29. The highest BCUT2D eigenvalue weighted by atomic mass is 127. The molecule has 1 aliphatic heterocycles. The van der Waals surface area contributed by atoms with Crippen LogP contribution in [-0.2, 0) is 9.84 Å².